The van der Waals surface area contributed by atoms with E-state index in [0.717, 1.165) is 31.5 Å². The van der Waals surface area contributed by atoms with E-state index in [-0.39, 0.29) is 0 Å². The lowest BCUT2D eigenvalue weighted by Gasteiger charge is -2.01. The highest BCUT2D eigenvalue weighted by molar-refractivity contribution is 6.36. The van der Waals surface area contributed by atoms with Crippen LogP contribution in [-0.2, 0) is 6.42 Å². The number of nitrogens with one attached hydrogen (secondary N) is 1. The first-order chi connectivity index (χ1) is 9.20. The Bertz CT molecular complexity index is 540. The Morgan fingerprint density at radius 3 is 2.84 bits per heavy atom. The Kier molecular flexibility index (Phi) is 5.25. The van der Waals surface area contributed by atoms with E-state index in [1.54, 1.807) is 18.3 Å². The van der Waals surface area contributed by atoms with Gasteiger partial charge >= 0.3 is 0 Å². The average molecular weight is 299 g/mol. The minimum atomic E-state index is 0.569. The minimum Gasteiger partial charge on any atom is -0.441 e. The smallest absolute Gasteiger partial charge is 0.196 e. The molecule has 102 valence electrons. The molecule has 0 aliphatic rings. The number of aromatic nitrogens is 1. The molecule has 1 aromatic carbocycles. The van der Waals surface area contributed by atoms with Crippen molar-refractivity contribution >= 4 is 23.2 Å². The van der Waals surface area contributed by atoms with Gasteiger partial charge in [0.1, 0.15) is 0 Å². The summed E-state index contributed by atoms with van der Waals surface area (Å²) in [5.74, 6) is 1.39. The van der Waals surface area contributed by atoms with Crippen LogP contribution in [0, 0.1) is 0 Å². The summed E-state index contributed by atoms with van der Waals surface area (Å²) >= 11 is 12.0. The molecule has 2 rings (SSSR count). The van der Waals surface area contributed by atoms with Crippen molar-refractivity contribution in [3.8, 4) is 11.3 Å². The number of halogens is 2. The Hall–Kier alpha value is -1.03. The summed E-state index contributed by atoms with van der Waals surface area (Å²) in [5.41, 5.74) is 0.811. The fourth-order valence-electron chi connectivity index (χ4n) is 1.74. The fourth-order valence-corrected chi connectivity index (χ4v) is 2.24. The molecule has 1 aromatic heterocycles. The zero-order valence-electron chi connectivity index (χ0n) is 10.7. The molecule has 0 bridgehead atoms. The molecule has 5 heteroatoms. The van der Waals surface area contributed by atoms with Crippen molar-refractivity contribution in [1.82, 2.24) is 10.3 Å². The lowest BCUT2D eigenvalue weighted by Crippen LogP contribution is -2.17. The number of hydrogen-bond acceptors (Lipinski definition) is 3. The number of benzene rings is 1. The van der Waals surface area contributed by atoms with Crippen LogP contribution in [-0.4, -0.2) is 18.1 Å². The van der Waals surface area contributed by atoms with Crippen LogP contribution in [0.4, 0.5) is 0 Å². The molecule has 0 aliphatic heterocycles. The number of oxazole rings is 1. The Balaban J connectivity index is 2.04. The highest BCUT2D eigenvalue weighted by Crippen LogP contribution is 2.30. The summed E-state index contributed by atoms with van der Waals surface area (Å²) in [6.07, 6.45) is 3.59. The van der Waals surface area contributed by atoms with E-state index >= 15 is 0 Å². The van der Waals surface area contributed by atoms with Crippen LogP contribution in [0.2, 0.25) is 10.0 Å². The summed E-state index contributed by atoms with van der Waals surface area (Å²) < 4.78 is 5.69. The summed E-state index contributed by atoms with van der Waals surface area (Å²) in [6, 6.07) is 5.32. The van der Waals surface area contributed by atoms with Crippen molar-refractivity contribution in [3.63, 3.8) is 0 Å². The maximum Gasteiger partial charge on any atom is 0.196 e. The van der Waals surface area contributed by atoms with Crippen molar-refractivity contribution < 1.29 is 4.42 Å². The van der Waals surface area contributed by atoms with Crippen LogP contribution in [0.5, 0.6) is 0 Å². The van der Waals surface area contributed by atoms with Gasteiger partial charge in [-0.05, 0) is 31.2 Å². The first-order valence-corrected chi connectivity index (χ1v) is 7.07. The fraction of sp³-hybridized carbons (Fsp3) is 0.357. The second-order valence-corrected chi connectivity index (χ2v) is 5.09. The van der Waals surface area contributed by atoms with Gasteiger partial charge in [-0.3, -0.25) is 0 Å². The third kappa shape index (κ3) is 3.96. The van der Waals surface area contributed by atoms with Gasteiger partial charge in [0, 0.05) is 23.6 Å². The molecule has 19 heavy (non-hydrogen) atoms. The van der Waals surface area contributed by atoms with Crippen LogP contribution in [0.25, 0.3) is 11.3 Å². The van der Waals surface area contributed by atoms with Crippen LogP contribution in [0.3, 0.4) is 0 Å². The normalized spacial score (nSPS) is 10.9. The first-order valence-electron chi connectivity index (χ1n) is 6.31. The zero-order chi connectivity index (χ0) is 13.7. The van der Waals surface area contributed by atoms with E-state index in [1.807, 2.05) is 6.07 Å². The molecule has 0 unspecified atom stereocenters. The Morgan fingerprint density at radius 2 is 2.11 bits per heavy atom. The molecule has 0 saturated carbocycles. The largest absolute Gasteiger partial charge is 0.441 e. The van der Waals surface area contributed by atoms with Crippen LogP contribution in [0.1, 0.15) is 19.2 Å². The van der Waals surface area contributed by atoms with Gasteiger partial charge in [0.05, 0.1) is 11.2 Å². The van der Waals surface area contributed by atoms with Crippen molar-refractivity contribution in [3.05, 3.63) is 40.3 Å². The maximum absolute atomic E-state index is 6.13. The molecule has 1 N–H and O–H groups in total. The van der Waals surface area contributed by atoms with E-state index < -0.39 is 0 Å². The monoisotopic (exact) mass is 298 g/mol. The molecular formula is C14H16Cl2N2O. The van der Waals surface area contributed by atoms with Gasteiger partial charge in [-0.25, -0.2) is 4.98 Å². The summed E-state index contributed by atoms with van der Waals surface area (Å²) in [7, 11) is 0. The molecule has 0 spiro atoms. The maximum atomic E-state index is 6.13. The number of rotatable bonds is 6. The standard InChI is InChI=1S/C14H16Cl2N2O/c1-2-6-17-7-5-14-18-9-13(19-14)11-4-3-10(15)8-12(11)16/h3-4,8-9,17H,2,5-7H2,1H3. The van der Waals surface area contributed by atoms with Crippen LogP contribution in [0.15, 0.2) is 28.8 Å². The van der Waals surface area contributed by atoms with E-state index in [1.165, 1.54) is 0 Å². The lowest BCUT2D eigenvalue weighted by molar-refractivity contribution is 0.495. The molecule has 2 aromatic rings. The minimum absolute atomic E-state index is 0.569. The molecule has 3 nitrogen and oxygen atoms in total. The van der Waals surface area contributed by atoms with Gasteiger partial charge in [-0.1, -0.05) is 30.1 Å². The number of hydrogen-bond donors (Lipinski definition) is 1. The second kappa shape index (κ2) is 6.94. The van der Waals surface area contributed by atoms with Gasteiger partial charge in [0.25, 0.3) is 0 Å². The third-order valence-electron chi connectivity index (χ3n) is 2.69. The quantitative estimate of drug-likeness (QED) is 0.813. The van der Waals surface area contributed by atoms with E-state index in [2.05, 4.69) is 17.2 Å². The first kappa shape index (κ1) is 14.4. The molecule has 0 aliphatic carbocycles. The van der Waals surface area contributed by atoms with Crippen molar-refractivity contribution in [2.45, 2.75) is 19.8 Å². The van der Waals surface area contributed by atoms with Crippen molar-refractivity contribution in [2.24, 2.45) is 0 Å². The van der Waals surface area contributed by atoms with Crippen molar-refractivity contribution in [2.75, 3.05) is 13.1 Å². The molecule has 0 amide bonds. The SMILES string of the molecule is CCCNCCc1ncc(-c2ccc(Cl)cc2Cl)o1. The predicted octanol–water partition coefficient (Wildman–Crippen LogP) is 4.19. The molecule has 0 fully saturated rings. The third-order valence-corrected chi connectivity index (χ3v) is 3.24. The number of nitrogens with zero attached hydrogens (tertiary/aromatic N) is 1. The Labute approximate surface area is 122 Å². The van der Waals surface area contributed by atoms with Gasteiger partial charge < -0.3 is 9.73 Å². The zero-order valence-corrected chi connectivity index (χ0v) is 12.3. The summed E-state index contributed by atoms with van der Waals surface area (Å²) in [5, 5.41) is 4.49. The average Bonchev–Trinajstić information content (AvgIpc) is 2.83. The Morgan fingerprint density at radius 1 is 1.26 bits per heavy atom. The van der Waals surface area contributed by atoms with Gasteiger partial charge in [0.15, 0.2) is 11.7 Å². The summed E-state index contributed by atoms with van der Waals surface area (Å²) in [6.45, 7) is 4.01. The second-order valence-electron chi connectivity index (χ2n) is 4.24. The van der Waals surface area contributed by atoms with Crippen LogP contribution >= 0.6 is 23.2 Å². The highest BCUT2D eigenvalue weighted by atomic mass is 35.5. The van der Waals surface area contributed by atoms with E-state index in [9.17, 15) is 0 Å². The molecular weight excluding hydrogens is 283 g/mol. The molecule has 0 atom stereocenters. The molecule has 0 radical (unpaired) electrons. The van der Waals surface area contributed by atoms with Crippen LogP contribution < -0.4 is 5.32 Å². The predicted molar refractivity (Wildman–Crippen MR) is 78.8 cm³/mol. The lowest BCUT2D eigenvalue weighted by atomic mass is 10.2. The topological polar surface area (TPSA) is 38.1 Å². The van der Waals surface area contributed by atoms with Crippen molar-refractivity contribution in [1.29, 1.82) is 0 Å². The molecule has 0 saturated heterocycles. The van der Waals surface area contributed by atoms with Gasteiger partial charge in [0.2, 0.25) is 0 Å². The van der Waals surface area contributed by atoms with E-state index in [4.69, 9.17) is 27.6 Å². The van der Waals surface area contributed by atoms with Gasteiger partial charge in [-0.15, -0.1) is 0 Å². The molecule has 1 heterocycles. The van der Waals surface area contributed by atoms with Gasteiger partial charge in [-0.2, -0.15) is 0 Å². The highest BCUT2D eigenvalue weighted by Gasteiger charge is 2.10. The summed E-state index contributed by atoms with van der Waals surface area (Å²) in [4.78, 5) is 4.26. The van der Waals surface area contributed by atoms with E-state index in [0.29, 0.717) is 21.7 Å².